The quantitative estimate of drug-likeness (QED) is 0.936. The molecule has 1 saturated heterocycles. The molecule has 22 heavy (non-hydrogen) atoms. The number of pyridine rings is 1. The highest BCUT2D eigenvalue weighted by Crippen LogP contribution is 2.20. The Hall–Kier alpha value is -1.99. The van der Waals surface area contributed by atoms with Crippen molar-refractivity contribution in [1.29, 1.82) is 0 Å². The molecule has 1 amide bonds. The van der Waals surface area contributed by atoms with Crippen molar-refractivity contribution >= 4 is 22.9 Å². The summed E-state index contributed by atoms with van der Waals surface area (Å²) < 4.78 is 5.91. The third kappa shape index (κ3) is 3.80. The second-order valence-corrected chi connectivity index (χ2v) is 6.05. The summed E-state index contributed by atoms with van der Waals surface area (Å²) in [6, 6.07) is 3.49. The molecule has 0 radical (unpaired) electrons. The average molecular weight is 318 g/mol. The Kier molecular flexibility index (Phi) is 4.65. The van der Waals surface area contributed by atoms with Gasteiger partial charge in [-0.1, -0.05) is 0 Å². The zero-order chi connectivity index (χ0) is 15.4. The number of aromatic nitrogens is 2. The van der Waals surface area contributed by atoms with Crippen LogP contribution in [0.15, 0.2) is 29.2 Å². The number of anilines is 1. The summed E-state index contributed by atoms with van der Waals surface area (Å²) >= 11 is 1.39. The van der Waals surface area contributed by atoms with Gasteiger partial charge in [-0.3, -0.25) is 4.79 Å². The maximum atomic E-state index is 12.0. The van der Waals surface area contributed by atoms with Crippen molar-refractivity contribution in [3.05, 3.63) is 34.9 Å². The van der Waals surface area contributed by atoms with Gasteiger partial charge in [-0.05, 0) is 26.0 Å². The molecular weight excluding hydrogens is 300 g/mol. The first kappa shape index (κ1) is 14.9. The minimum Gasteiger partial charge on any atom is -0.474 e. The molecule has 0 atom stereocenters. The number of ether oxygens (including phenoxy) is 1. The minimum atomic E-state index is -0.224. The van der Waals surface area contributed by atoms with Crippen LogP contribution in [0.4, 0.5) is 5.69 Å². The maximum absolute atomic E-state index is 12.0. The molecule has 3 rings (SSSR count). The summed E-state index contributed by atoms with van der Waals surface area (Å²) in [4.78, 5) is 22.5. The molecule has 1 aliphatic rings. The highest BCUT2D eigenvalue weighted by atomic mass is 32.1. The van der Waals surface area contributed by atoms with E-state index >= 15 is 0 Å². The van der Waals surface area contributed by atoms with Gasteiger partial charge in [0.25, 0.3) is 5.91 Å². The molecule has 1 fully saturated rings. The number of nitrogens with zero attached hydrogens (tertiary/aromatic N) is 3. The number of likely N-dealkylation sites (tertiary alicyclic amines) is 1. The number of amides is 1. The molecule has 1 N–H and O–H groups in total. The number of carbonyl (C=O) groups is 1. The molecule has 7 heteroatoms. The molecule has 116 valence electrons. The van der Waals surface area contributed by atoms with Gasteiger partial charge in [0.05, 0.1) is 5.51 Å². The Morgan fingerprint density at radius 3 is 2.95 bits per heavy atom. The Morgan fingerprint density at radius 1 is 1.41 bits per heavy atom. The molecule has 2 aromatic heterocycles. The van der Waals surface area contributed by atoms with Gasteiger partial charge in [0.15, 0.2) is 0 Å². The second-order valence-electron chi connectivity index (χ2n) is 5.33. The minimum absolute atomic E-state index is 0.188. The fourth-order valence-electron chi connectivity index (χ4n) is 2.34. The fourth-order valence-corrected chi connectivity index (χ4v) is 2.88. The van der Waals surface area contributed by atoms with Crippen LogP contribution in [0, 0.1) is 0 Å². The first-order chi connectivity index (χ1) is 10.7. The number of hydrogen-bond donors (Lipinski definition) is 1. The Labute approximate surface area is 133 Å². The van der Waals surface area contributed by atoms with Gasteiger partial charge in [-0.2, -0.15) is 0 Å². The molecule has 6 nitrogen and oxygen atoms in total. The smallest absolute Gasteiger partial charge is 0.275 e. The molecule has 0 aromatic carbocycles. The van der Waals surface area contributed by atoms with Gasteiger partial charge in [0.2, 0.25) is 5.88 Å². The van der Waals surface area contributed by atoms with Gasteiger partial charge >= 0.3 is 0 Å². The topological polar surface area (TPSA) is 67.3 Å². The Morgan fingerprint density at radius 2 is 2.23 bits per heavy atom. The van der Waals surface area contributed by atoms with Gasteiger partial charge in [-0.25, -0.2) is 9.97 Å². The summed E-state index contributed by atoms with van der Waals surface area (Å²) in [7, 11) is 2.11. The van der Waals surface area contributed by atoms with E-state index in [9.17, 15) is 4.79 Å². The van der Waals surface area contributed by atoms with Crippen molar-refractivity contribution in [3.8, 4) is 5.88 Å². The van der Waals surface area contributed by atoms with Gasteiger partial charge in [-0.15, -0.1) is 11.3 Å². The summed E-state index contributed by atoms with van der Waals surface area (Å²) in [5.41, 5.74) is 2.71. The lowest BCUT2D eigenvalue weighted by molar-refractivity contribution is 0.102. The van der Waals surface area contributed by atoms with Crippen LogP contribution >= 0.6 is 11.3 Å². The number of rotatable bonds is 4. The second kappa shape index (κ2) is 6.85. The fraction of sp³-hybridized carbons (Fsp3) is 0.400. The van der Waals surface area contributed by atoms with E-state index in [0.717, 1.165) is 25.9 Å². The highest BCUT2D eigenvalue weighted by Gasteiger charge is 2.18. The van der Waals surface area contributed by atoms with E-state index in [1.165, 1.54) is 11.3 Å². The van der Waals surface area contributed by atoms with E-state index in [-0.39, 0.29) is 12.0 Å². The lowest BCUT2D eigenvalue weighted by Gasteiger charge is -2.28. The Bertz CT molecular complexity index is 624. The van der Waals surface area contributed by atoms with Gasteiger partial charge in [0, 0.05) is 36.4 Å². The van der Waals surface area contributed by atoms with Gasteiger partial charge in [0.1, 0.15) is 11.8 Å². The van der Waals surface area contributed by atoms with Crippen LogP contribution < -0.4 is 10.1 Å². The molecular formula is C15H18N4O2S. The summed E-state index contributed by atoms with van der Waals surface area (Å²) in [6.45, 7) is 2.07. The molecule has 0 saturated carbocycles. The largest absolute Gasteiger partial charge is 0.474 e. The number of hydrogen-bond acceptors (Lipinski definition) is 6. The van der Waals surface area contributed by atoms with E-state index in [1.807, 2.05) is 0 Å². The molecule has 0 unspecified atom stereocenters. The van der Waals surface area contributed by atoms with Crippen LogP contribution in [0.25, 0.3) is 0 Å². The van der Waals surface area contributed by atoms with E-state index in [2.05, 4.69) is 27.2 Å². The average Bonchev–Trinajstić information content (AvgIpc) is 3.04. The molecule has 3 heterocycles. The normalized spacial score (nSPS) is 16.4. The first-order valence-electron chi connectivity index (χ1n) is 7.21. The molecule has 2 aromatic rings. The highest BCUT2D eigenvalue weighted by molar-refractivity contribution is 7.07. The lowest BCUT2D eigenvalue weighted by Crippen LogP contribution is -2.35. The lowest BCUT2D eigenvalue weighted by atomic mass is 10.1. The standard InChI is InChI=1S/C15H18N4O2S/c1-19-6-3-12(4-7-19)21-14-8-11(2-5-16-14)18-15(20)13-9-22-10-17-13/h2,5,8-10,12H,3-4,6-7H2,1H3,(H,16,18,20). The van der Waals surface area contributed by atoms with Crippen molar-refractivity contribution in [1.82, 2.24) is 14.9 Å². The van der Waals surface area contributed by atoms with E-state index in [4.69, 9.17) is 4.74 Å². The van der Waals surface area contributed by atoms with Crippen LogP contribution in [-0.2, 0) is 0 Å². The number of thiazole rings is 1. The third-order valence-electron chi connectivity index (χ3n) is 3.61. The van der Waals surface area contributed by atoms with Crippen molar-refractivity contribution in [3.63, 3.8) is 0 Å². The number of piperidine rings is 1. The molecule has 0 aliphatic carbocycles. The predicted octanol–water partition coefficient (Wildman–Crippen LogP) is 2.26. The predicted molar refractivity (Wildman–Crippen MR) is 85.5 cm³/mol. The first-order valence-corrected chi connectivity index (χ1v) is 8.16. The van der Waals surface area contributed by atoms with E-state index < -0.39 is 0 Å². The van der Waals surface area contributed by atoms with Crippen molar-refractivity contribution in [2.45, 2.75) is 18.9 Å². The number of nitrogens with one attached hydrogen (secondary N) is 1. The molecule has 1 aliphatic heterocycles. The van der Waals surface area contributed by atoms with E-state index in [1.54, 1.807) is 29.2 Å². The third-order valence-corrected chi connectivity index (χ3v) is 4.20. The van der Waals surface area contributed by atoms with Crippen LogP contribution in [0.3, 0.4) is 0 Å². The van der Waals surface area contributed by atoms with Crippen molar-refractivity contribution in [2.24, 2.45) is 0 Å². The van der Waals surface area contributed by atoms with Crippen LogP contribution in [-0.4, -0.2) is 47.0 Å². The Balaban J connectivity index is 1.61. The monoisotopic (exact) mass is 318 g/mol. The molecule has 0 bridgehead atoms. The summed E-state index contributed by atoms with van der Waals surface area (Å²) in [5, 5.41) is 4.52. The summed E-state index contributed by atoms with van der Waals surface area (Å²) in [6.07, 6.45) is 3.82. The van der Waals surface area contributed by atoms with Crippen LogP contribution in [0.2, 0.25) is 0 Å². The maximum Gasteiger partial charge on any atom is 0.275 e. The zero-order valence-electron chi connectivity index (χ0n) is 12.4. The van der Waals surface area contributed by atoms with E-state index in [0.29, 0.717) is 17.3 Å². The van der Waals surface area contributed by atoms with Crippen molar-refractivity contribution < 1.29 is 9.53 Å². The SMILES string of the molecule is CN1CCC(Oc2cc(NC(=O)c3cscn3)ccn2)CC1. The summed E-state index contributed by atoms with van der Waals surface area (Å²) in [5.74, 6) is 0.323. The van der Waals surface area contributed by atoms with Crippen molar-refractivity contribution in [2.75, 3.05) is 25.5 Å². The van der Waals surface area contributed by atoms with Gasteiger partial charge < -0.3 is 15.0 Å². The zero-order valence-corrected chi connectivity index (χ0v) is 13.2. The molecule has 0 spiro atoms. The van der Waals surface area contributed by atoms with Crippen LogP contribution in [0.5, 0.6) is 5.88 Å². The van der Waals surface area contributed by atoms with Crippen LogP contribution in [0.1, 0.15) is 23.3 Å². The number of carbonyl (C=O) groups excluding carboxylic acids is 1.